The normalized spacial score (nSPS) is 15.6. The number of hydrogen-bond donors (Lipinski definition) is 1. The molecule has 28 heavy (non-hydrogen) atoms. The van der Waals surface area contributed by atoms with Gasteiger partial charge in [0.05, 0.1) is 16.0 Å². The minimum atomic E-state index is -3.09. The van der Waals surface area contributed by atoms with Gasteiger partial charge in [0.25, 0.3) is 0 Å². The van der Waals surface area contributed by atoms with E-state index in [1.54, 1.807) is 12.1 Å². The van der Waals surface area contributed by atoms with Crippen molar-refractivity contribution in [2.45, 2.75) is 38.5 Å². The van der Waals surface area contributed by atoms with E-state index in [1.165, 1.54) is 6.07 Å². The SMILES string of the molecule is O=S(=O)(CCCc1nonc1/C(Cc1ccc(F)c(Br)c1)=N/O)CC1CCC1. The van der Waals surface area contributed by atoms with E-state index in [2.05, 4.69) is 31.4 Å². The second-order valence-electron chi connectivity index (χ2n) is 7.05. The van der Waals surface area contributed by atoms with E-state index in [4.69, 9.17) is 4.63 Å². The number of hydrogen-bond acceptors (Lipinski definition) is 7. The van der Waals surface area contributed by atoms with Crippen LogP contribution in [-0.2, 0) is 22.7 Å². The Morgan fingerprint density at radius 2 is 2.14 bits per heavy atom. The van der Waals surface area contributed by atoms with Gasteiger partial charge >= 0.3 is 0 Å². The fraction of sp³-hybridized carbons (Fsp3) is 0.500. The molecule has 3 rings (SSSR count). The van der Waals surface area contributed by atoms with Crippen LogP contribution in [0.1, 0.15) is 42.6 Å². The Morgan fingerprint density at radius 3 is 2.79 bits per heavy atom. The molecule has 0 atom stereocenters. The van der Waals surface area contributed by atoms with Gasteiger partial charge in [-0.05, 0) is 70.4 Å². The maximum atomic E-state index is 13.4. The smallest absolute Gasteiger partial charge is 0.156 e. The average molecular weight is 474 g/mol. The monoisotopic (exact) mass is 473 g/mol. The van der Waals surface area contributed by atoms with Gasteiger partial charge < -0.3 is 5.21 Å². The van der Waals surface area contributed by atoms with Crippen LogP contribution in [0.4, 0.5) is 4.39 Å². The number of aromatic nitrogens is 2. The molecule has 1 aliphatic rings. The van der Waals surface area contributed by atoms with Crippen LogP contribution in [0.25, 0.3) is 0 Å². The summed E-state index contributed by atoms with van der Waals surface area (Å²) in [5.74, 6) is 0.238. The Morgan fingerprint density at radius 1 is 1.36 bits per heavy atom. The van der Waals surface area contributed by atoms with Crippen LogP contribution in [0, 0.1) is 11.7 Å². The third-order valence-electron chi connectivity index (χ3n) is 4.89. The first-order chi connectivity index (χ1) is 13.4. The van der Waals surface area contributed by atoms with Crippen LogP contribution in [0.15, 0.2) is 32.5 Å². The van der Waals surface area contributed by atoms with Crippen molar-refractivity contribution in [3.8, 4) is 0 Å². The molecule has 1 N–H and O–H groups in total. The molecule has 0 bridgehead atoms. The number of halogens is 2. The lowest BCUT2D eigenvalue weighted by Gasteiger charge is -2.24. The number of nitrogens with zero attached hydrogens (tertiary/aromatic N) is 3. The summed E-state index contributed by atoms with van der Waals surface area (Å²) in [5, 5.41) is 20.3. The first kappa shape index (κ1) is 20.9. The van der Waals surface area contributed by atoms with Crippen molar-refractivity contribution in [2.24, 2.45) is 11.1 Å². The van der Waals surface area contributed by atoms with Crippen molar-refractivity contribution in [3.63, 3.8) is 0 Å². The summed E-state index contributed by atoms with van der Waals surface area (Å²) in [4.78, 5) is 0. The summed E-state index contributed by atoms with van der Waals surface area (Å²) < 4.78 is 42.8. The van der Waals surface area contributed by atoms with Gasteiger partial charge in [0.1, 0.15) is 17.2 Å². The van der Waals surface area contributed by atoms with Gasteiger partial charge in [-0.3, -0.25) is 0 Å². The predicted molar refractivity (Wildman–Crippen MR) is 105 cm³/mol. The van der Waals surface area contributed by atoms with E-state index in [0.717, 1.165) is 19.3 Å². The highest BCUT2D eigenvalue weighted by atomic mass is 79.9. The van der Waals surface area contributed by atoms with Crippen molar-refractivity contribution >= 4 is 31.5 Å². The van der Waals surface area contributed by atoms with Gasteiger partial charge in [0.2, 0.25) is 0 Å². The van der Waals surface area contributed by atoms with Gasteiger partial charge in [-0.2, -0.15) is 0 Å². The quantitative estimate of drug-likeness (QED) is 0.339. The van der Waals surface area contributed by atoms with E-state index in [0.29, 0.717) is 34.5 Å². The first-order valence-electron chi connectivity index (χ1n) is 9.05. The molecule has 0 radical (unpaired) electrons. The number of oxime groups is 1. The molecular formula is C18H21BrFN3O4S. The Balaban J connectivity index is 1.62. The topological polar surface area (TPSA) is 106 Å². The summed E-state index contributed by atoms with van der Waals surface area (Å²) in [6, 6.07) is 4.47. The van der Waals surface area contributed by atoms with Crippen molar-refractivity contribution in [1.82, 2.24) is 10.3 Å². The van der Waals surface area contributed by atoms with E-state index in [-0.39, 0.29) is 29.3 Å². The Kier molecular flexibility index (Phi) is 6.82. The van der Waals surface area contributed by atoms with Gasteiger partial charge in [-0.15, -0.1) is 0 Å². The lowest BCUT2D eigenvalue weighted by molar-refractivity contribution is 0.300. The minimum absolute atomic E-state index is 0.0757. The van der Waals surface area contributed by atoms with Crippen molar-refractivity contribution in [3.05, 3.63) is 45.4 Å². The second kappa shape index (κ2) is 9.13. The molecule has 152 valence electrons. The average Bonchev–Trinajstić information content (AvgIpc) is 3.07. The molecule has 0 saturated heterocycles. The third-order valence-corrected chi connectivity index (χ3v) is 7.39. The summed E-state index contributed by atoms with van der Waals surface area (Å²) in [5.41, 5.74) is 1.64. The summed E-state index contributed by atoms with van der Waals surface area (Å²) in [6.45, 7) is 0. The van der Waals surface area contributed by atoms with Crippen LogP contribution in [-0.4, -0.2) is 41.2 Å². The summed E-state index contributed by atoms with van der Waals surface area (Å²) >= 11 is 3.12. The molecule has 2 aromatic rings. The van der Waals surface area contributed by atoms with Gasteiger partial charge in [-0.25, -0.2) is 17.4 Å². The van der Waals surface area contributed by atoms with Crippen LogP contribution < -0.4 is 0 Å². The van der Waals surface area contributed by atoms with Gasteiger partial charge in [0.15, 0.2) is 15.5 Å². The van der Waals surface area contributed by atoms with Crippen molar-refractivity contribution in [2.75, 3.05) is 11.5 Å². The molecule has 1 fully saturated rings. The van der Waals surface area contributed by atoms with Crippen molar-refractivity contribution < 1.29 is 22.6 Å². The van der Waals surface area contributed by atoms with E-state index in [9.17, 15) is 18.0 Å². The summed E-state index contributed by atoms with van der Waals surface area (Å²) in [6.07, 6.45) is 4.02. The molecular weight excluding hydrogens is 453 g/mol. The molecule has 10 heteroatoms. The number of rotatable bonds is 9. The predicted octanol–water partition coefficient (Wildman–Crippen LogP) is 3.54. The van der Waals surface area contributed by atoms with Crippen LogP contribution in [0.3, 0.4) is 0 Å². The summed E-state index contributed by atoms with van der Waals surface area (Å²) in [7, 11) is -3.09. The van der Waals surface area contributed by atoms with Crippen LogP contribution >= 0.6 is 15.9 Å². The molecule has 0 spiro atoms. The fourth-order valence-corrected chi connectivity index (χ4v) is 5.39. The molecule has 0 amide bonds. The van der Waals surface area contributed by atoms with Crippen molar-refractivity contribution in [1.29, 1.82) is 0 Å². The van der Waals surface area contributed by atoms with E-state index >= 15 is 0 Å². The standard InChI is InChI=1S/C18H21BrFN3O4S/c19-14-9-13(6-7-15(14)20)10-17(21-24)18-16(22-27-23-18)5-2-8-28(25,26)11-12-3-1-4-12/h6-7,9,12,24H,1-5,8,10-11H2/b21-17+. The maximum absolute atomic E-state index is 13.4. The molecule has 1 saturated carbocycles. The first-order valence-corrected chi connectivity index (χ1v) is 11.7. The molecule has 1 aromatic heterocycles. The maximum Gasteiger partial charge on any atom is 0.156 e. The van der Waals surface area contributed by atoms with E-state index < -0.39 is 15.7 Å². The highest BCUT2D eigenvalue weighted by Gasteiger charge is 2.25. The minimum Gasteiger partial charge on any atom is -0.411 e. The molecule has 1 aliphatic carbocycles. The lowest BCUT2D eigenvalue weighted by atomic mass is 9.87. The number of benzene rings is 1. The molecule has 0 unspecified atom stereocenters. The molecule has 1 aromatic carbocycles. The lowest BCUT2D eigenvalue weighted by Crippen LogP contribution is -2.24. The van der Waals surface area contributed by atoms with E-state index in [1.807, 2.05) is 0 Å². The molecule has 7 nitrogen and oxygen atoms in total. The Labute approximate surface area is 171 Å². The number of aryl methyl sites for hydroxylation is 1. The van der Waals surface area contributed by atoms with Crippen LogP contribution in [0.5, 0.6) is 0 Å². The second-order valence-corrected chi connectivity index (χ2v) is 10.1. The molecule has 1 heterocycles. The number of sulfone groups is 1. The highest BCUT2D eigenvalue weighted by Crippen LogP contribution is 2.28. The third kappa shape index (κ3) is 5.38. The zero-order valence-corrected chi connectivity index (χ0v) is 17.5. The Hall–Kier alpha value is -1.81. The van der Waals surface area contributed by atoms with Crippen LogP contribution in [0.2, 0.25) is 0 Å². The van der Waals surface area contributed by atoms with Gasteiger partial charge in [-0.1, -0.05) is 22.8 Å². The zero-order chi connectivity index (χ0) is 20.1. The Bertz CT molecular complexity index is 957. The largest absolute Gasteiger partial charge is 0.411 e. The fourth-order valence-electron chi connectivity index (χ4n) is 3.16. The van der Waals surface area contributed by atoms with Gasteiger partial charge in [0, 0.05) is 6.42 Å². The highest BCUT2D eigenvalue weighted by molar-refractivity contribution is 9.10. The zero-order valence-electron chi connectivity index (χ0n) is 15.1. The molecule has 0 aliphatic heterocycles.